The minimum atomic E-state index is 0.198. The van der Waals surface area contributed by atoms with Crippen LogP contribution in [0.3, 0.4) is 0 Å². The van der Waals surface area contributed by atoms with E-state index < -0.39 is 0 Å². The van der Waals surface area contributed by atoms with Gasteiger partial charge in [0.05, 0.1) is 5.56 Å². The molecule has 1 aliphatic heterocycles. The van der Waals surface area contributed by atoms with Crippen molar-refractivity contribution in [2.24, 2.45) is 0 Å². The molecule has 2 aromatic carbocycles. The van der Waals surface area contributed by atoms with Crippen LogP contribution in [0.4, 0.5) is 0 Å². The summed E-state index contributed by atoms with van der Waals surface area (Å²) in [5.74, 6) is 1.10. The molecule has 1 atom stereocenters. The molecule has 0 saturated heterocycles. The van der Waals surface area contributed by atoms with E-state index in [-0.39, 0.29) is 6.10 Å². The van der Waals surface area contributed by atoms with Crippen molar-refractivity contribution < 1.29 is 9.84 Å². The molecule has 0 spiro atoms. The number of ether oxygens (including phenoxy) is 1. The second-order valence-corrected chi connectivity index (χ2v) is 6.27. The van der Waals surface area contributed by atoms with Gasteiger partial charge in [0.1, 0.15) is 17.6 Å². The molecule has 23 heavy (non-hydrogen) atoms. The first kappa shape index (κ1) is 14.1. The second-order valence-electron chi connectivity index (χ2n) is 6.27. The van der Waals surface area contributed by atoms with Crippen molar-refractivity contribution >= 4 is 18.2 Å². The van der Waals surface area contributed by atoms with Crippen LogP contribution in [0.2, 0.25) is 0 Å². The van der Waals surface area contributed by atoms with Gasteiger partial charge in [0.2, 0.25) is 0 Å². The van der Waals surface area contributed by atoms with Crippen LogP contribution in [0.25, 0.3) is 18.2 Å². The summed E-state index contributed by atoms with van der Waals surface area (Å²) in [6.07, 6.45) is 11.0. The summed E-state index contributed by atoms with van der Waals surface area (Å²) in [5, 5.41) is 10.4. The highest BCUT2D eigenvalue weighted by molar-refractivity contribution is 5.76. The number of rotatable bonds is 2. The number of benzene rings is 2. The number of hydrogen-bond acceptors (Lipinski definition) is 2. The Bertz CT molecular complexity index is 772. The van der Waals surface area contributed by atoms with Gasteiger partial charge in [-0.2, -0.15) is 0 Å². The summed E-state index contributed by atoms with van der Waals surface area (Å²) in [6, 6.07) is 14.0. The van der Waals surface area contributed by atoms with Gasteiger partial charge in [-0.3, -0.25) is 0 Å². The molecule has 2 heteroatoms. The Morgan fingerprint density at radius 2 is 1.83 bits per heavy atom. The third-order valence-electron chi connectivity index (χ3n) is 4.60. The summed E-state index contributed by atoms with van der Waals surface area (Å²) in [5.41, 5.74) is 4.25. The number of aromatic hydroxyl groups is 1. The third-order valence-corrected chi connectivity index (χ3v) is 4.60. The van der Waals surface area contributed by atoms with Crippen molar-refractivity contribution in [1.29, 1.82) is 0 Å². The molecule has 1 aliphatic carbocycles. The number of fused-ring (bicyclic) bond motifs is 2. The number of hydrogen-bond donors (Lipinski definition) is 1. The molecule has 2 nitrogen and oxygen atoms in total. The predicted octanol–water partition coefficient (Wildman–Crippen LogP) is 5.28. The molecular weight excluding hydrogens is 284 g/mol. The van der Waals surface area contributed by atoms with E-state index in [4.69, 9.17) is 4.74 Å². The van der Waals surface area contributed by atoms with Crippen molar-refractivity contribution in [1.82, 2.24) is 0 Å². The van der Waals surface area contributed by atoms with Crippen molar-refractivity contribution in [3.8, 4) is 11.5 Å². The van der Waals surface area contributed by atoms with Gasteiger partial charge in [-0.05, 0) is 60.6 Å². The third kappa shape index (κ3) is 2.89. The zero-order chi connectivity index (χ0) is 15.6. The predicted molar refractivity (Wildman–Crippen MR) is 94.3 cm³/mol. The molecule has 1 saturated carbocycles. The topological polar surface area (TPSA) is 29.5 Å². The fourth-order valence-electron chi connectivity index (χ4n) is 3.37. The van der Waals surface area contributed by atoms with E-state index in [2.05, 4.69) is 18.2 Å². The van der Waals surface area contributed by atoms with Crippen LogP contribution in [0.1, 0.15) is 42.4 Å². The van der Waals surface area contributed by atoms with Gasteiger partial charge in [0, 0.05) is 0 Å². The molecule has 1 unspecified atom stereocenters. The van der Waals surface area contributed by atoms with Crippen molar-refractivity contribution in [2.45, 2.75) is 31.8 Å². The average molecular weight is 304 g/mol. The Labute approximate surface area is 136 Å². The summed E-state index contributed by atoms with van der Waals surface area (Å²) in [7, 11) is 0. The van der Waals surface area contributed by atoms with E-state index in [9.17, 15) is 5.11 Å². The maximum atomic E-state index is 10.4. The molecule has 2 aliphatic rings. The molecule has 1 heterocycles. The summed E-state index contributed by atoms with van der Waals surface area (Å²) in [4.78, 5) is 0. The fourth-order valence-corrected chi connectivity index (χ4v) is 3.37. The zero-order valence-electron chi connectivity index (χ0n) is 13.0. The van der Waals surface area contributed by atoms with Gasteiger partial charge >= 0.3 is 0 Å². The van der Waals surface area contributed by atoms with Crippen molar-refractivity contribution in [3.63, 3.8) is 0 Å². The van der Waals surface area contributed by atoms with Crippen LogP contribution < -0.4 is 4.74 Å². The van der Waals surface area contributed by atoms with Gasteiger partial charge in [0.25, 0.3) is 0 Å². The monoisotopic (exact) mass is 304 g/mol. The SMILES string of the molecule is Oc1cc(/C=C/c2ccccc2)cc2c1C=C1CCCCC1O2. The van der Waals surface area contributed by atoms with Gasteiger partial charge < -0.3 is 9.84 Å². The number of phenolic OH excluding ortho intramolecular Hbond substituents is 1. The lowest BCUT2D eigenvalue weighted by molar-refractivity contribution is 0.199. The Morgan fingerprint density at radius 3 is 2.70 bits per heavy atom. The van der Waals surface area contributed by atoms with Crippen molar-refractivity contribution in [2.75, 3.05) is 0 Å². The normalized spacial score (nSPS) is 19.7. The summed E-state index contributed by atoms with van der Waals surface area (Å²) >= 11 is 0. The first-order valence-electron chi connectivity index (χ1n) is 8.27. The molecule has 0 amide bonds. The van der Waals surface area contributed by atoms with Crippen molar-refractivity contribution in [3.05, 3.63) is 64.7 Å². The Balaban J connectivity index is 1.66. The maximum absolute atomic E-state index is 10.4. The van der Waals surface area contributed by atoms with Crippen LogP contribution in [0, 0.1) is 0 Å². The molecular formula is C21H20O2. The minimum absolute atomic E-state index is 0.198. The highest BCUT2D eigenvalue weighted by Gasteiger charge is 2.26. The molecule has 0 radical (unpaired) electrons. The molecule has 116 valence electrons. The first-order valence-corrected chi connectivity index (χ1v) is 8.27. The van der Waals surface area contributed by atoms with Crippen LogP contribution in [-0.4, -0.2) is 11.2 Å². The fraction of sp³-hybridized carbons (Fsp3) is 0.238. The van der Waals surface area contributed by atoms with E-state index in [1.807, 2.05) is 42.5 Å². The first-order chi connectivity index (χ1) is 11.3. The molecule has 1 N–H and O–H groups in total. The lowest BCUT2D eigenvalue weighted by Crippen LogP contribution is -2.25. The van der Waals surface area contributed by atoms with Gasteiger partial charge in [-0.25, -0.2) is 0 Å². The Hall–Kier alpha value is -2.48. The lowest BCUT2D eigenvalue weighted by atomic mass is 9.88. The average Bonchev–Trinajstić information content (AvgIpc) is 2.59. The van der Waals surface area contributed by atoms with Crippen LogP contribution >= 0.6 is 0 Å². The maximum Gasteiger partial charge on any atom is 0.131 e. The Kier molecular flexibility index (Phi) is 3.66. The van der Waals surface area contributed by atoms with E-state index in [0.29, 0.717) is 5.75 Å². The second kappa shape index (κ2) is 5.96. The highest BCUT2D eigenvalue weighted by Crippen LogP contribution is 2.41. The molecule has 1 fully saturated rings. The van der Waals surface area contributed by atoms with E-state index in [1.165, 1.54) is 18.4 Å². The van der Waals surface area contributed by atoms with Gasteiger partial charge in [0.15, 0.2) is 0 Å². The van der Waals surface area contributed by atoms with Crippen LogP contribution in [0.15, 0.2) is 48.0 Å². The lowest BCUT2D eigenvalue weighted by Gasteiger charge is -2.31. The molecule has 2 aromatic rings. The minimum Gasteiger partial charge on any atom is -0.507 e. The summed E-state index contributed by atoms with van der Waals surface area (Å²) in [6.45, 7) is 0. The molecule has 4 rings (SSSR count). The van der Waals surface area contributed by atoms with Crippen LogP contribution in [-0.2, 0) is 0 Å². The van der Waals surface area contributed by atoms with Gasteiger partial charge in [-0.15, -0.1) is 0 Å². The molecule has 0 bridgehead atoms. The largest absolute Gasteiger partial charge is 0.507 e. The summed E-state index contributed by atoms with van der Waals surface area (Å²) < 4.78 is 6.15. The van der Waals surface area contributed by atoms with E-state index >= 15 is 0 Å². The highest BCUT2D eigenvalue weighted by atomic mass is 16.5. The quantitative estimate of drug-likeness (QED) is 0.765. The zero-order valence-corrected chi connectivity index (χ0v) is 13.0. The van der Waals surface area contributed by atoms with Gasteiger partial charge in [-0.1, -0.05) is 42.5 Å². The number of phenols is 1. The standard InChI is InChI=1S/C21H20O2/c22-19-12-16(11-10-15-6-2-1-3-7-15)13-21-18(19)14-17-8-4-5-9-20(17)23-21/h1-3,6-7,10-14,20,22H,4-5,8-9H2/b11-10+. The van der Waals surface area contributed by atoms with Crippen LogP contribution in [0.5, 0.6) is 11.5 Å². The van der Waals surface area contributed by atoms with E-state index in [1.54, 1.807) is 0 Å². The molecule has 0 aromatic heterocycles. The Morgan fingerprint density at radius 1 is 1.00 bits per heavy atom. The van der Waals surface area contributed by atoms with E-state index in [0.717, 1.165) is 35.3 Å². The smallest absolute Gasteiger partial charge is 0.131 e.